The molecule has 0 aromatic heterocycles. The Hall–Kier alpha value is -0.790. The van der Waals surface area contributed by atoms with Gasteiger partial charge in [-0.2, -0.15) is 0 Å². The maximum absolute atomic E-state index is 11.2. The quantitative estimate of drug-likeness (QED) is 0.623. The number of likely N-dealkylation sites (tertiary alicyclic amines) is 1. The summed E-state index contributed by atoms with van der Waals surface area (Å²) in [5, 5.41) is 0. The minimum Gasteiger partial charge on any atom is -0.377 e. The van der Waals surface area contributed by atoms with Crippen LogP contribution in [0.15, 0.2) is 11.8 Å². The Morgan fingerprint density at radius 1 is 1.31 bits per heavy atom. The van der Waals surface area contributed by atoms with Crippen molar-refractivity contribution in [3.05, 3.63) is 11.8 Å². The van der Waals surface area contributed by atoms with E-state index < -0.39 is 0 Å². The molecular weight excluding hydrogens is 162 g/mol. The molecule has 0 unspecified atom stereocenters. The molecule has 0 spiro atoms. The highest BCUT2D eigenvalue weighted by Crippen LogP contribution is 2.12. The molecule has 1 aliphatic heterocycles. The van der Waals surface area contributed by atoms with Gasteiger partial charge in [-0.1, -0.05) is 6.92 Å². The molecule has 1 heterocycles. The Balaban J connectivity index is 2.54. The summed E-state index contributed by atoms with van der Waals surface area (Å²) in [6.45, 7) is 5.93. The lowest BCUT2D eigenvalue weighted by atomic mass is 10.1. The Kier molecular flexibility index (Phi) is 4.00. The molecule has 0 aromatic carbocycles. The zero-order valence-electron chi connectivity index (χ0n) is 8.68. The van der Waals surface area contributed by atoms with Gasteiger partial charge in [-0.15, -0.1) is 0 Å². The second-order valence-corrected chi connectivity index (χ2v) is 3.66. The van der Waals surface area contributed by atoms with Gasteiger partial charge in [0.05, 0.1) is 0 Å². The summed E-state index contributed by atoms with van der Waals surface area (Å²) in [5.41, 5.74) is 0.960. The smallest absolute Gasteiger partial charge is 0.157 e. The molecule has 0 aromatic rings. The highest BCUT2D eigenvalue weighted by molar-refractivity contribution is 5.92. The van der Waals surface area contributed by atoms with Crippen LogP contribution in [0.4, 0.5) is 0 Å². The fourth-order valence-electron chi connectivity index (χ4n) is 1.70. The number of hydrogen-bond donors (Lipinski definition) is 0. The molecular formula is C11H19NO. The highest BCUT2D eigenvalue weighted by atomic mass is 16.1. The van der Waals surface area contributed by atoms with Gasteiger partial charge in [-0.3, -0.25) is 4.79 Å². The molecule has 1 saturated heterocycles. The van der Waals surface area contributed by atoms with Gasteiger partial charge in [0.25, 0.3) is 0 Å². The third-order valence-corrected chi connectivity index (χ3v) is 2.56. The van der Waals surface area contributed by atoms with Crippen molar-refractivity contribution in [3.8, 4) is 0 Å². The number of piperidine rings is 1. The van der Waals surface area contributed by atoms with E-state index in [9.17, 15) is 4.79 Å². The van der Waals surface area contributed by atoms with Crippen molar-refractivity contribution in [3.63, 3.8) is 0 Å². The van der Waals surface area contributed by atoms with E-state index in [1.54, 1.807) is 6.92 Å². The molecule has 0 aliphatic carbocycles. The molecule has 2 heteroatoms. The molecule has 0 N–H and O–H groups in total. The maximum Gasteiger partial charge on any atom is 0.157 e. The molecule has 2 nitrogen and oxygen atoms in total. The lowest BCUT2D eigenvalue weighted by Crippen LogP contribution is -2.25. The average Bonchev–Trinajstić information content (AvgIpc) is 2.15. The van der Waals surface area contributed by atoms with Crippen molar-refractivity contribution in [2.24, 2.45) is 0 Å². The third kappa shape index (κ3) is 3.21. The second kappa shape index (κ2) is 5.05. The average molecular weight is 181 g/mol. The van der Waals surface area contributed by atoms with E-state index in [2.05, 4.69) is 11.1 Å². The van der Waals surface area contributed by atoms with Crippen LogP contribution in [0, 0.1) is 0 Å². The van der Waals surface area contributed by atoms with E-state index in [1.165, 1.54) is 19.3 Å². The van der Waals surface area contributed by atoms with E-state index in [-0.39, 0.29) is 5.78 Å². The normalized spacial score (nSPS) is 18.9. The summed E-state index contributed by atoms with van der Waals surface area (Å²) >= 11 is 0. The number of allylic oxidation sites excluding steroid dienone is 1. The summed E-state index contributed by atoms with van der Waals surface area (Å²) in [5.74, 6) is 0.216. The van der Waals surface area contributed by atoms with Gasteiger partial charge in [-0.25, -0.2) is 0 Å². The van der Waals surface area contributed by atoms with Crippen LogP contribution in [-0.4, -0.2) is 23.8 Å². The number of Topliss-reactive ketones (excluding diaryl/α,β-unsaturated/α-hetero) is 1. The molecule has 0 amide bonds. The zero-order valence-corrected chi connectivity index (χ0v) is 8.68. The van der Waals surface area contributed by atoms with Gasteiger partial charge in [0.15, 0.2) is 5.78 Å². The van der Waals surface area contributed by atoms with Crippen LogP contribution in [-0.2, 0) is 4.79 Å². The SMILES string of the molecule is CCC(=CN1CCCCC1)C(C)=O. The molecule has 1 rings (SSSR count). The zero-order chi connectivity index (χ0) is 9.68. The second-order valence-electron chi connectivity index (χ2n) is 3.66. The van der Waals surface area contributed by atoms with E-state index in [1.807, 2.05) is 6.92 Å². The van der Waals surface area contributed by atoms with Crippen molar-refractivity contribution in [2.45, 2.75) is 39.5 Å². The van der Waals surface area contributed by atoms with Gasteiger partial charge in [-0.05, 0) is 32.6 Å². The first-order valence-corrected chi connectivity index (χ1v) is 5.19. The van der Waals surface area contributed by atoms with Crippen LogP contribution in [0.25, 0.3) is 0 Å². The molecule has 1 fully saturated rings. The Bertz CT molecular complexity index is 202. The minimum absolute atomic E-state index is 0.216. The lowest BCUT2D eigenvalue weighted by molar-refractivity contribution is -0.113. The summed E-state index contributed by atoms with van der Waals surface area (Å²) in [6, 6.07) is 0. The molecule has 0 atom stereocenters. The summed E-state index contributed by atoms with van der Waals surface area (Å²) in [7, 11) is 0. The fourth-order valence-corrected chi connectivity index (χ4v) is 1.70. The number of nitrogens with zero attached hydrogens (tertiary/aromatic N) is 1. The van der Waals surface area contributed by atoms with Crippen molar-refractivity contribution in [2.75, 3.05) is 13.1 Å². The van der Waals surface area contributed by atoms with Crippen molar-refractivity contribution in [1.82, 2.24) is 4.90 Å². The van der Waals surface area contributed by atoms with Gasteiger partial charge < -0.3 is 4.90 Å². The monoisotopic (exact) mass is 181 g/mol. The van der Waals surface area contributed by atoms with Crippen molar-refractivity contribution in [1.29, 1.82) is 0 Å². The Labute approximate surface area is 80.6 Å². The Morgan fingerprint density at radius 3 is 2.38 bits per heavy atom. The molecule has 13 heavy (non-hydrogen) atoms. The van der Waals surface area contributed by atoms with Crippen LogP contribution in [0.5, 0.6) is 0 Å². The van der Waals surface area contributed by atoms with E-state index in [0.29, 0.717) is 0 Å². The van der Waals surface area contributed by atoms with E-state index >= 15 is 0 Å². The third-order valence-electron chi connectivity index (χ3n) is 2.56. The highest BCUT2D eigenvalue weighted by Gasteiger charge is 2.08. The largest absolute Gasteiger partial charge is 0.377 e. The topological polar surface area (TPSA) is 20.3 Å². The maximum atomic E-state index is 11.2. The summed E-state index contributed by atoms with van der Waals surface area (Å²) < 4.78 is 0. The predicted octanol–water partition coefficient (Wildman–Crippen LogP) is 2.36. The predicted molar refractivity (Wildman–Crippen MR) is 54.5 cm³/mol. The first kappa shape index (κ1) is 10.3. The summed E-state index contributed by atoms with van der Waals surface area (Å²) in [6.07, 6.45) is 6.79. The minimum atomic E-state index is 0.216. The van der Waals surface area contributed by atoms with Gasteiger partial charge in [0.2, 0.25) is 0 Å². The first-order valence-electron chi connectivity index (χ1n) is 5.19. The van der Waals surface area contributed by atoms with Crippen LogP contribution in [0.2, 0.25) is 0 Å². The lowest BCUT2D eigenvalue weighted by Gasteiger charge is -2.25. The van der Waals surface area contributed by atoms with Crippen LogP contribution >= 0.6 is 0 Å². The van der Waals surface area contributed by atoms with Crippen LogP contribution in [0.3, 0.4) is 0 Å². The fraction of sp³-hybridized carbons (Fsp3) is 0.727. The van der Waals surface area contributed by atoms with Crippen LogP contribution < -0.4 is 0 Å². The Morgan fingerprint density at radius 2 is 1.92 bits per heavy atom. The number of rotatable bonds is 3. The first-order chi connectivity index (χ1) is 6.24. The summed E-state index contributed by atoms with van der Waals surface area (Å²) in [4.78, 5) is 13.4. The van der Waals surface area contributed by atoms with Crippen LogP contribution in [0.1, 0.15) is 39.5 Å². The van der Waals surface area contributed by atoms with Gasteiger partial charge in [0.1, 0.15) is 0 Å². The molecule has 1 aliphatic rings. The number of ketones is 1. The van der Waals surface area contributed by atoms with Crippen molar-refractivity contribution < 1.29 is 4.79 Å². The number of carbonyl (C=O) groups excluding carboxylic acids is 1. The van der Waals surface area contributed by atoms with E-state index in [4.69, 9.17) is 0 Å². The molecule has 0 radical (unpaired) electrons. The number of hydrogen-bond acceptors (Lipinski definition) is 2. The number of carbonyl (C=O) groups is 1. The standard InChI is InChI=1S/C11H19NO/c1-3-11(10(2)13)9-12-7-5-4-6-8-12/h9H,3-8H2,1-2H3. The molecule has 0 saturated carbocycles. The molecule has 0 bridgehead atoms. The van der Waals surface area contributed by atoms with Gasteiger partial charge in [0, 0.05) is 24.9 Å². The molecule has 74 valence electrons. The van der Waals surface area contributed by atoms with E-state index in [0.717, 1.165) is 25.1 Å². The van der Waals surface area contributed by atoms with Gasteiger partial charge >= 0.3 is 0 Å². The van der Waals surface area contributed by atoms with Crippen molar-refractivity contribution >= 4 is 5.78 Å².